The fraction of sp³-hybridized carbons (Fsp3) is 0.667. The smallest absolute Gasteiger partial charge is 0.246 e. The largest absolute Gasteiger partial charge is 0.342 e. The van der Waals surface area contributed by atoms with Crippen LogP contribution in [0.25, 0.3) is 0 Å². The molecule has 4 nitrogen and oxygen atoms in total. The van der Waals surface area contributed by atoms with E-state index < -0.39 is 6.04 Å². The number of amides is 2. The lowest BCUT2D eigenvalue weighted by molar-refractivity contribution is -0.150. The Bertz CT molecular complexity index is 341. The van der Waals surface area contributed by atoms with Crippen LogP contribution in [-0.4, -0.2) is 35.3 Å². The second-order valence-electron chi connectivity index (χ2n) is 4.64. The lowest BCUT2D eigenvalue weighted by Crippen LogP contribution is -2.64. The van der Waals surface area contributed by atoms with E-state index in [9.17, 15) is 9.59 Å². The van der Waals surface area contributed by atoms with Gasteiger partial charge in [0.15, 0.2) is 0 Å². The highest BCUT2D eigenvalue weighted by atomic mass is 79.9. The number of nitrogens with zero attached hydrogens (tertiary/aromatic N) is 1. The van der Waals surface area contributed by atoms with Crippen LogP contribution < -0.4 is 5.32 Å². The predicted octanol–water partition coefficient (Wildman–Crippen LogP) is 1.66. The fourth-order valence-electron chi connectivity index (χ4n) is 2.02. The van der Waals surface area contributed by atoms with E-state index in [0.29, 0.717) is 17.4 Å². The van der Waals surface area contributed by atoms with Crippen molar-refractivity contribution in [1.29, 1.82) is 0 Å². The minimum atomic E-state index is -0.419. The van der Waals surface area contributed by atoms with Gasteiger partial charge >= 0.3 is 0 Å². The maximum atomic E-state index is 12.3. The van der Waals surface area contributed by atoms with E-state index in [1.54, 1.807) is 4.90 Å². The summed E-state index contributed by atoms with van der Waals surface area (Å²) in [5, 5.41) is 2.79. The van der Waals surface area contributed by atoms with Gasteiger partial charge < -0.3 is 10.2 Å². The molecule has 0 spiro atoms. The summed E-state index contributed by atoms with van der Waals surface area (Å²) in [7, 11) is 0. The van der Waals surface area contributed by atoms with Crippen molar-refractivity contribution >= 4 is 27.7 Å². The van der Waals surface area contributed by atoms with E-state index in [2.05, 4.69) is 27.8 Å². The van der Waals surface area contributed by atoms with Crippen LogP contribution in [-0.2, 0) is 9.59 Å². The number of hydrogen-bond acceptors (Lipinski definition) is 2. The van der Waals surface area contributed by atoms with Gasteiger partial charge in [0.2, 0.25) is 11.8 Å². The zero-order valence-electron chi connectivity index (χ0n) is 10.5. The number of nitrogens with one attached hydrogen (secondary N) is 1. The molecule has 2 atom stereocenters. The third-order valence-electron chi connectivity index (χ3n) is 2.92. The van der Waals surface area contributed by atoms with Crippen LogP contribution in [0.2, 0.25) is 0 Å². The topological polar surface area (TPSA) is 49.4 Å². The Labute approximate surface area is 111 Å². The standard InChI is InChI=1S/C12H19BrN2O2/c1-5-9-11(16)14-10(7(2)3)12(17)15(9)6-8(4)13/h7,9-10H,4-6H2,1-3H3,(H,14,16). The summed E-state index contributed by atoms with van der Waals surface area (Å²) in [6.45, 7) is 9.88. The molecule has 1 rings (SSSR count). The molecule has 0 aromatic heterocycles. The molecule has 17 heavy (non-hydrogen) atoms. The first-order chi connectivity index (χ1) is 7.88. The zero-order valence-corrected chi connectivity index (χ0v) is 12.1. The number of halogens is 1. The third kappa shape index (κ3) is 3.09. The SMILES string of the molecule is C=C(Br)CN1C(=O)C(C(C)C)NC(=O)C1CC. The molecule has 0 aromatic carbocycles. The van der Waals surface area contributed by atoms with Gasteiger partial charge in [0.25, 0.3) is 0 Å². The average molecular weight is 303 g/mol. The van der Waals surface area contributed by atoms with Crippen LogP contribution in [0.4, 0.5) is 0 Å². The van der Waals surface area contributed by atoms with E-state index >= 15 is 0 Å². The second-order valence-corrected chi connectivity index (χ2v) is 5.76. The Morgan fingerprint density at radius 3 is 2.53 bits per heavy atom. The maximum Gasteiger partial charge on any atom is 0.246 e. The van der Waals surface area contributed by atoms with Crippen molar-refractivity contribution < 1.29 is 9.59 Å². The molecule has 2 amide bonds. The van der Waals surface area contributed by atoms with Gasteiger partial charge in [0.1, 0.15) is 12.1 Å². The summed E-state index contributed by atoms with van der Waals surface area (Å²) in [6.07, 6.45) is 0.614. The van der Waals surface area contributed by atoms with Crippen molar-refractivity contribution in [3.05, 3.63) is 11.1 Å². The maximum absolute atomic E-state index is 12.3. The predicted molar refractivity (Wildman–Crippen MR) is 70.6 cm³/mol. The van der Waals surface area contributed by atoms with Crippen molar-refractivity contribution in [2.24, 2.45) is 5.92 Å². The third-order valence-corrected chi connectivity index (χ3v) is 3.17. The molecule has 0 bridgehead atoms. The first kappa shape index (κ1) is 14.2. The summed E-state index contributed by atoms with van der Waals surface area (Å²) in [5.74, 6) is 0.00180. The average Bonchev–Trinajstić information content (AvgIpc) is 2.22. The molecule has 0 aromatic rings. The van der Waals surface area contributed by atoms with Crippen LogP contribution in [0.15, 0.2) is 11.1 Å². The van der Waals surface area contributed by atoms with Gasteiger partial charge in [-0.25, -0.2) is 0 Å². The summed E-state index contributed by atoms with van der Waals surface area (Å²) < 4.78 is 0.710. The zero-order chi connectivity index (χ0) is 13.2. The van der Waals surface area contributed by atoms with Gasteiger partial charge in [0.05, 0.1) is 6.54 Å². The minimum Gasteiger partial charge on any atom is -0.342 e. The van der Waals surface area contributed by atoms with Gasteiger partial charge in [0, 0.05) is 4.48 Å². The monoisotopic (exact) mass is 302 g/mol. The Morgan fingerprint density at radius 2 is 2.12 bits per heavy atom. The quantitative estimate of drug-likeness (QED) is 0.858. The normalized spacial score (nSPS) is 25.1. The molecule has 2 unspecified atom stereocenters. The molecule has 0 radical (unpaired) electrons. The number of carbonyl (C=O) groups excluding carboxylic acids is 2. The molecule has 1 saturated heterocycles. The van der Waals surface area contributed by atoms with Crippen molar-refractivity contribution in [3.8, 4) is 0 Å². The Balaban J connectivity index is 2.96. The molecule has 0 aliphatic carbocycles. The van der Waals surface area contributed by atoms with Crippen LogP contribution in [0, 0.1) is 5.92 Å². The van der Waals surface area contributed by atoms with Crippen molar-refractivity contribution in [3.63, 3.8) is 0 Å². The lowest BCUT2D eigenvalue weighted by Gasteiger charge is -2.39. The van der Waals surface area contributed by atoms with Gasteiger partial charge in [-0.3, -0.25) is 9.59 Å². The van der Waals surface area contributed by atoms with E-state index in [1.807, 2.05) is 20.8 Å². The molecular weight excluding hydrogens is 284 g/mol. The van der Waals surface area contributed by atoms with Crippen LogP contribution >= 0.6 is 15.9 Å². The van der Waals surface area contributed by atoms with E-state index in [1.165, 1.54) is 0 Å². The minimum absolute atomic E-state index is 0.0212. The Kier molecular flexibility index (Phi) is 4.74. The molecule has 1 aliphatic rings. The van der Waals surface area contributed by atoms with Crippen LogP contribution in [0.5, 0.6) is 0 Å². The van der Waals surface area contributed by atoms with E-state index in [4.69, 9.17) is 0 Å². The summed E-state index contributed by atoms with van der Waals surface area (Å²) in [5.41, 5.74) is 0. The molecule has 1 fully saturated rings. The summed E-state index contributed by atoms with van der Waals surface area (Å²) >= 11 is 3.25. The first-order valence-electron chi connectivity index (χ1n) is 5.82. The Hall–Kier alpha value is -0.840. The fourth-order valence-corrected chi connectivity index (χ4v) is 2.29. The highest BCUT2D eigenvalue weighted by molar-refractivity contribution is 9.11. The second kappa shape index (κ2) is 5.67. The summed E-state index contributed by atoms with van der Waals surface area (Å²) in [4.78, 5) is 25.8. The van der Waals surface area contributed by atoms with Gasteiger partial charge in [-0.2, -0.15) is 0 Å². The van der Waals surface area contributed by atoms with Crippen LogP contribution in [0.3, 0.4) is 0 Å². The van der Waals surface area contributed by atoms with Gasteiger partial charge in [-0.1, -0.05) is 43.3 Å². The van der Waals surface area contributed by atoms with Crippen molar-refractivity contribution in [1.82, 2.24) is 10.2 Å². The van der Waals surface area contributed by atoms with E-state index in [0.717, 1.165) is 0 Å². The number of piperazine rings is 1. The van der Waals surface area contributed by atoms with E-state index in [-0.39, 0.29) is 23.8 Å². The van der Waals surface area contributed by atoms with Crippen molar-refractivity contribution in [2.45, 2.75) is 39.3 Å². The molecule has 5 heteroatoms. The van der Waals surface area contributed by atoms with Crippen molar-refractivity contribution in [2.75, 3.05) is 6.54 Å². The number of hydrogen-bond donors (Lipinski definition) is 1. The van der Waals surface area contributed by atoms with Gasteiger partial charge in [-0.05, 0) is 12.3 Å². The highest BCUT2D eigenvalue weighted by Gasteiger charge is 2.40. The van der Waals surface area contributed by atoms with Gasteiger partial charge in [-0.15, -0.1) is 0 Å². The first-order valence-corrected chi connectivity index (χ1v) is 6.61. The Morgan fingerprint density at radius 1 is 1.53 bits per heavy atom. The summed E-state index contributed by atoms with van der Waals surface area (Å²) in [6, 6.07) is -0.802. The molecule has 1 aliphatic heterocycles. The molecule has 1 N–H and O–H groups in total. The number of rotatable bonds is 4. The molecular formula is C12H19BrN2O2. The van der Waals surface area contributed by atoms with Crippen LogP contribution in [0.1, 0.15) is 27.2 Å². The lowest BCUT2D eigenvalue weighted by atomic mass is 9.97. The number of carbonyl (C=O) groups is 2. The molecule has 1 heterocycles. The molecule has 0 saturated carbocycles. The molecule has 96 valence electrons. The highest BCUT2D eigenvalue weighted by Crippen LogP contribution is 2.19.